The van der Waals surface area contributed by atoms with Gasteiger partial charge in [0.05, 0.1) is 11.4 Å². The van der Waals surface area contributed by atoms with Crippen molar-refractivity contribution in [1.82, 2.24) is 15.1 Å². The number of rotatable bonds is 3. The maximum Gasteiger partial charge on any atom is 0.0816 e. The van der Waals surface area contributed by atoms with E-state index in [1.807, 2.05) is 10.9 Å². The number of nitrogens with zero attached hydrogens (tertiary/aromatic N) is 2. The second-order valence-corrected chi connectivity index (χ2v) is 7.12. The Kier molecular flexibility index (Phi) is 4.35. The van der Waals surface area contributed by atoms with Gasteiger partial charge in [-0.1, -0.05) is 6.07 Å². The lowest BCUT2D eigenvalue weighted by atomic mass is 10.1. The zero-order valence-electron chi connectivity index (χ0n) is 12.8. The van der Waals surface area contributed by atoms with Crippen LogP contribution in [0.5, 0.6) is 0 Å². The topological polar surface area (TPSA) is 29.9 Å². The molecule has 108 valence electrons. The van der Waals surface area contributed by atoms with Crippen LogP contribution < -0.4 is 5.32 Å². The van der Waals surface area contributed by atoms with Gasteiger partial charge < -0.3 is 5.32 Å². The lowest BCUT2D eigenvalue weighted by Gasteiger charge is -2.19. The molecule has 0 unspecified atom stereocenters. The van der Waals surface area contributed by atoms with Crippen molar-refractivity contribution in [1.29, 1.82) is 0 Å². The molecule has 0 fully saturated rings. The molecule has 0 saturated heterocycles. The molecule has 0 aliphatic carbocycles. The molecule has 1 N–H and O–H groups in total. The predicted molar refractivity (Wildman–Crippen MR) is 87.3 cm³/mol. The highest BCUT2D eigenvalue weighted by Crippen LogP contribution is 2.26. The number of halogens is 1. The monoisotopic (exact) mass is 335 g/mol. The summed E-state index contributed by atoms with van der Waals surface area (Å²) in [6.45, 7) is 11.5. The summed E-state index contributed by atoms with van der Waals surface area (Å²) in [6, 6.07) is 6.36. The van der Waals surface area contributed by atoms with Crippen LogP contribution in [0.3, 0.4) is 0 Å². The summed E-state index contributed by atoms with van der Waals surface area (Å²) in [7, 11) is 0. The van der Waals surface area contributed by atoms with E-state index in [0.29, 0.717) is 0 Å². The normalized spacial score (nSPS) is 11.9. The van der Waals surface area contributed by atoms with Crippen LogP contribution in [-0.4, -0.2) is 15.3 Å². The van der Waals surface area contributed by atoms with E-state index in [2.05, 4.69) is 79.2 Å². The number of hydrogen-bond acceptors (Lipinski definition) is 2. The smallest absolute Gasteiger partial charge is 0.0816 e. The molecule has 1 aromatic carbocycles. The lowest BCUT2D eigenvalue weighted by Crippen LogP contribution is -2.35. The molecule has 0 aliphatic rings. The molecule has 0 aliphatic heterocycles. The number of benzene rings is 1. The van der Waals surface area contributed by atoms with Crippen molar-refractivity contribution in [3.8, 4) is 5.69 Å². The van der Waals surface area contributed by atoms with E-state index >= 15 is 0 Å². The third-order valence-electron chi connectivity index (χ3n) is 3.07. The Bertz CT molecular complexity index is 585. The zero-order valence-corrected chi connectivity index (χ0v) is 14.4. The highest BCUT2D eigenvalue weighted by Gasteiger charge is 2.12. The van der Waals surface area contributed by atoms with Crippen molar-refractivity contribution in [2.24, 2.45) is 0 Å². The maximum atomic E-state index is 4.66. The predicted octanol–water partition coefficient (Wildman–Crippen LogP) is 4.14. The van der Waals surface area contributed by atoms with E-state index in [1.165, 1.54) is 11.1 Å². The third kappa shape index (κ3) is 3.70. The van der Waals surface area contributed by atoms with Gasteiger partial charge in [0, 0.05) is 22.8 Å². The summed E-state index contributed by atoms with van der Waals surface area (Å²) in [5, 5.41) is 8.11. The van der Waals surface area contributed by atoms with Gasteiger partial charge in [0.2, 0.25) is 0 Å². The summed E-state index contributed by atoms with van der Waals surface area (Å²) in [4.78, 5) is 0. The van der Waals surface area contributed by atoms with E-state index in [4.69, 9.17) is 0 Å². The fraction of sp³-hybridized carbons (Fsp3) is 0.438. The van der Waals surface area contributed by atoms with Crippen molar-refractivity contribution in [2.45, 2.75) is 46.7 Å². The number of aryl methyl sites for hydroxylation is 2. The molecule has 0 amide bonds. The summed E-state index contributed by atoms with van der Waals surface area (Å²) < 4.78 is 3.02. The molecule has 2 rings (SSSR count). The largest absolute Gasteiger partial charge is 0.306 e. The first-order chi connectivity index (χ1) is 9.26. The van der Waals surface area contributed by atoms with E-state index in [9.17, 15) is 0 Å². The quantitative estimate of drug-likeness (QED) is 0.913. The van der Waals surface area contributed by atoms with Crippen molar-refractivity contribution in [3.05, 3.63) is 45.7 Å². The maximum absolute atomic E-state index is 4.66. The molecular formula is C16H22BrN3. The molecule has 4 heteroatoms. The first kappa shape index (κ1) is 15.3. The molecule has 20 heavy (non-hydrogen) atoms. The third-order valence-corrected chi connectivity index (χ3v) is 3.68. The van der Waals surface area contributed by atoms with E-state index in [-0.39, 0.29) is 5.54 Å². The molecule has 1 heterocycles. The number of nitrogens with one attached hydrogen (secondary N) is 1. The van der Waals surface area contributed by atoms with Crippen LogP contribution in [-0.2, 0) is 6.54 Å². The summed E-state index contributed by atoms with van der Waals surface area (Å²) in [6.07, 6.45) is 2.02. The van der Waals surface area contributed by atoms with Gasteiger partial charge in [-0.15, -0.1) is 0 Å². The second kappa shape index (κ2) is 5.70. The van der Waals surface area contributed by atoms with Gasteiger partial charge in [0.1, 0.15) is 0 Å². The Morgan fingerprint density at radius 2 is 1.95 bits per heavy atom. The van der Waals surface area contributed by atoms with Gasteiger partial charge in [0.15, 0.2) is 0 Å². The first-order valence-corrected chi connectivity index (χ1v) is 7.62. The van der Waals surface area contributed by atoms with Gasteiger partial charge in [-0.3, -0.25) is 0 Å². The molecular weight excluding hydrogens is 314 g/mol. The minimum Gasteiger partial charge on any atom is -0.306 e. The van der Waals surface area contributed by atoms with Crippen LogP contribution >= 0.6 is 15.9 Å². The van der Waals surface area contributed by atoms with E-state index in [1.54, 1.807) is 0 Å². The molecule has 3 nitrogen and oxygen atoms in total. The van der Waals surface area contributed by atoms with E-state index < -0.39 is 0 Å². The van der Waals surface area contributed by atoms with Gasteiger partial charge in [-0.25, -0.2) is 4.68 Å². The van der Waals surface area contributed by atoms with Crippen LogP contribution in [0.1, 0.15) is 37.6 Å². The van der Waals surface area contributed by atoms with E-state index in [0.717, 1.165) is 22.4 Å². The van der Waals surface area contributed by atoms with Crippen molar-refractivity contribution < 1.29 is 0 Å². The molecule has 0 radical (unpaired) electrons. The highest BCUT2D eigenvalue weighted by atomic mass is 79.9. The first-order valence-electron chi connectivity index (χ1n) is 6.83. The minimum atomic E-state index is 0.101. The number of aromatic nitrogens is 2. The summed E-state index contributed by atoms with van der Waals surface area (Å²) >= 11 is 3.64. The van der Waals surface area contributed by atoms with Crippen molar-refractivity contribution in [2.75, 3.05) is 0 Å². The van der Waals surface area contributed by atoms with Crippen LogP contribution in [0.25, 0.3) is 5.69 Å². The summed E-state index contributed by atoms with van der Waals surface area (Å²) in [5.41, 5.74) is 4.73. The van der Waals surface area contributed by atoms with Crippen LogP contribution in [0.15, 0.2) is 28.9 Å². The molecule has 0 spiro atoms. The van der Waals surface area contributed by atoms with Crippen LogP contribution in [0.4, 0.5) is 0 Å². The average Bonchev–Trinajstić information content (AvgIpc) is 2.72. The second-order valence-electron chi connectivity index (χ2n) is 6.27. The summed E-state index contributed by atoms with van der Waals surface area (Å²) in [5.74, 6) is 0. The number of hydrogen-bond donors (Lipinski definition) is 1. The minimum absolute atomic E-state index is 0.101. The molecule has 1 aromatic heterocycles. The van der Waals surface area contributed by atoms with Crippen LogP contribution in [0, 0.1) is 13.8 Å². The van der Waals surface area contributed by atoms with Crippen molar-refractivity contribution in [3.63, 3.8) is 0 Å². The Hall–Kier alpha value is -1.13. The highest BCUT2D eigenvalue weighted by molar-refractivity contribution is 9.10. The van der Waals surface area contributed by atoms with Gasteiger partial charge in [-0.2, -0.15) is 5.10 Å². The lowest BCUT2D eigenvalue weighted by molar-refractivity contribution is 0.420. The Morgan fingerprint density at radius 3 is 2.55 bits per heavy atom. The average molecular weight is 336 g/mol. The molecule has 0 saturated carbocycles. The Balaban J connectivity index is 2.25. The van der Waals surface area contributed by atoms with Crippen LogP contribution in [0.2, 0.25) is 0 Å². The van der Waals surface area contributed by atoms with Gasteiger partial charge in [0.25, 0.3) is 0 Å². The molecule has 0 bridgehead atoms. The Labute approximate surface area is 129 Å². The standard InChI is InChI=1S/C16H22BrN3/c1-11-8-12(2)15(14(17)9-11)20-7-6-13(19-20)10-18-16(3,4)5/h6-9,18H,10H2,1-5H3. The fourth-order valence-electron chi connectivity index (χ4n) is 2.13. The molecule has 2 aromatic rings. The SMILES string of the molecule is Cc1cc(C)c(-n2ccc(CNC(C)(C)C)n2)c(Br)c1. The fourth-order valence-corrected chi connectivity index (χ4v) is 2.99. The molecule has 0 atom stereocenters. The Morgan fingerprint density at radius 1 is 1.25 bits per heavy atom. The van der Waals surface area contributed by atoms with Gasteiger partial charge in [-0.05, 0) is 73.8 Å². The van der Waals surface area contributed by atoms with Crippen molar-refractivity contribution >= 4 is 15.9 Å². The van der Waals surface area contributed by atoms with Gasteiger partial charge >= 0.3 is 0 Å². The zero-order chi connectivity index (χ0) is 14.9.